The molecule has 2 rings (SSSR count). The normalized spacial score (nSPS) is 11.3. The smallest absolute Gasteiger partial charge is 0.282 e. The maximum Gasteiger partial charge on any atom is 0.282 e. The zero-order chi connectivity index (χ0) is 14.0. The van der Waals surface area contributed by atoms with Crippen molar-refractivity contribution >= 4 is 21.4 Å². The average Bonchev–Trinajstić information content (AvgIpc) is 2.34. The fraction of sp³-hybridized carbons (Fsp3) is 0.0833. The molecule has 0 aliphatic heterocycles. The third kappa shape index (κ3) is 2.65. The van der Waals surface area contributed by atoms with Crippen LogP contribution in [0.2, 0.25) is 0 Å². The first-order chi connectivity index (χ1) is 8.92. The summed E-state index contributed by atoms with van der Waals surface area (Å²) in [5.74, 6) is -0.915. The lowest BCUT2D eigenvalue weighted by Crippen LogP contribution is -2.17. The van der Waals surface area contributed by atoms with Gasteiger partial charge in [0.05, 0.1) is 11.4 Å². The van der Waals surface area contributed by atoms with Gasteiger partial charge in [0.1, 0.15) is 0 Å². The number of nitrogen functional groups attached to an aromatic ring is 1. The van der Waals surface area contributed by atoms with E-state index >= 15 is 0 Å². The zero-order valence-electron chi connectivity index (χ0n) is 10.1. The molecule has 0 atom stereocenters. The van der Waals surface area contributed by atoms with Gasteiger partial charge in [-0.15, -0.1) is 0 Å². The third-order valence-electron chi connectivity index (χ3n) is 2.52. The lowest BCUT2D eigenvalue weighted by molar-refractivity contribution is 0.557. The Morgan fingerprint density at radius 1 is 1.26 bits per heavy atom. The summed E-state index contributed by atoms with van der Waals surface area (Å²) >= 11 is 0. The van der Waals surface area contributed by atoms with Crippen LogP contribution in [-0.2, 0) is 10.0 Å². The topological polar surface area (TPSA) is 85.1 Å². The molecule has 0 amide bonds. The summed E-state index contributed by atoms with van der Waals surface area (Å²) in [6.45, 7) is 1.70. The van der Waals surface area contributed by atoms with Gasteiger partial charge in [0, 0.05) is 6.20 Å². The molecule has 0 spiro atoms. The number of para-hydroxylation sites is 1. The van der Waals surface area contributed by atoms with Gasteiger partial charge in [-0.3, -0.25) is 4.72 Å². The van der Waals surface area contributed by atoms with Crippen molar-refractivity contribution in [2.45, 2.75) is 11.9 Å². The molecule has 0 aliphatic rings. The van der Waals surface area contributed by atoms with E-state index in [1.54, 1.807) is 25.1 Å². The second-order valence-electron chi connectivity index (χ2n) is 3.94. The average molecular weight is 281 g/mol. The van der Waals surface area contributed by atoms with Crippen LogP contribution in [0.25, 0.3) is 0 Å². The van der Waals surface area contributed by atoms with E-state index < -0.39 is 20.9 Å². The number of halogens is 1. The molecule has 19 heavy (non-hydrogen) atoms. The summed E-state index contributed by atoms with van der Waals surface area (Å²) < 4.78 is 39.8. The summed E-state index contributed by atoms with van der Waals surface area (Å²) in [5, 5.41) is -0.655. The van der Waals surface area contributed by atoms with E-state index in [9.17, 15) is 12.8 Å². The number of benzene rings is 1. The number of rotatable bonds is 3. The molecule has 0 bridgehead atoms. The maximum atomic E-state index is 13.5. The first-order valence-corrected chi connectivity index (χ1v) is 6.88. The van der Waals surface area contributed by atoms with Gasteiger partial charge >= 0.3 is 0 Å². The Balaban J connectivity index is 2.46. The molecule has 2 aromatic rings. The van der Waals surface area contributed by atoms with Crippen molar-refractivity contribution in [3.63, 3.8) is 0 Å². The minimum Gasteiger partial charge on any atom is -0.397 e. The van der Waals surface area contributed by atoms with Crippen molar-refractivity contribution in [3.05, 3.63) is 47.9 Å². The summed E-state index contributed by atoms with van der Waals surface area (Å²) in [6.07, 6.45) is 1.21. The van der Waals surface area contributed by atoms with Crippen molar-refractivity contribution in [2.75, 3.05) is 10.5 Å². The highest BCUT2D eigenvalue weighted by Crippen LogP contribution is 2.25. The van der Waals surface area contributed by atoms with Gasteiger partial charge in [0.25, 0.3) is 10.0 Å². The minimum absolute atomic E-state index is 0.229. The Morgan fingerprint density at radius 3 is 2.63 bits per heavy atom. The predicted octanol–water partition coefficient (Wildman–Crippen LogP) is 1.91. The summed E-state index contributed by atoms with van der Waals surface area (Å²) in [4.78, 5) is 3.54. The van der Waals surface area contributed by atoms with Gasteiger partial charge in [0.15, 0.2) is 5.82 Å². The van der Waals surface area contributed by atoms with Crippen LogP contribution in [0.15, 0.2) is 41.6 Å². The number of anilines is 2. The Morgan fingerprint density at radius 2 is 2.00 bits per heavy atom. The summed E-state index contributed by atoms with van der Waals surface area (Å²) in [5.41, 5.74) is 6.84. The van der Waals surface area contributed by atoms with Gasteiger partial charge in [-0.1, -0.05) is 12.1 Å². The molecule has 1 aromatic heterocycles. The van der Waals surface area contributed by atoms with E-state index in [0.29, 0.717) is 5.56 Å². The molecular formula is C12H12FN3O2S. The quantitative estimate of drug-likeness (QED) is 0.842. The summed E-state index contributed by atoms with van der Waals surface area (Å²) in [7, 11) is -4.11. The number of nitrogens with two attached hydrogens (primary N) is 1. The third-order valence-corrected chi connectivity index (χ3v) is 3.80. The van der Waals surface area contributed by atoms with E-state index in [1.807, 2.05) is 0 Å². The van der Waals surface area contributed by atoms with Crippen LogP contribution < -0.4 is 10.5 Å². The molecule has 1 heterocycles. The molecular weight excluding hydrogens is 269 g/mol. The molecule has 0 aliphatic carbocycles. The van der Waals surface area contributed by atoms with Gasteiger partial charge in [-0.05, 0) is 30.7 Å². The van der Waals surface area contributed by atoms with Crippen LogP contribution >= 0.6 is 0 Å². The van der Waals surface area contributed by atoms with E-state index in [1.165, 1.54) is 12.3 Å². The number of hydrogen-bond donors (Lipinski definition) is 2. The van der Waals surface area contributed by atoms with Crippen molar-refractivity contribution < 1.29 is 12.8 Å². The van der Waals surface area contributed by atoms with E-state index in [0.717, 1.165) is 6.07 Å². The number of sulfonamides is 1. The molecule has 0 saturated carbocycles. The standard InChI is InChI=1S/C12H12FN3O2S/c1-8-4-2-6-10(14)11(8)16-19(17,18)12-9(13)5-3-7-15-12/h2-7,16H,14H2,1H3. The highest BCUT2D eigenvalue weighted by Gasteiger charge is 2.22. The van der Waals surface area contributed by atoms with Crippen molar-refractivity contribution in [2.24, 2.45) is 0 Å². The Hall–Kier alpha value is -2.15. The van der Waals surface area contributed by atoms with Crippen LogP contribution in [-0.4, -0.2) is 13.4 Å². The lowest BCUT2D eigenvalue weighted by Gasteiger charge is -2.12. The molecule has 100 valence electrons. The number of nitrogens with one attached hydrogen (secondary N) is 1. The highest BCUT2D eigenvalue weighted by molar-refractivity contribution is 7.92. The largest absolute Gasteiger partial charge is 0.397 e. The second-order valence-corrected chi connectivity index (χ2v) is 5.53. The van der Waals surface area contributed by atoms with Crippen LogP contribution in [0.3, 0.4) is 0 Å². The van der Waals surface area contributed by atoms with Crippen LogP contribution in [0.4, 0.5) is 15.8 Å². The first-order valence-electron chi connectivity index (χ1n) is 5.40. The van der Waals surface area contributed by atoms with E-state index in [4.69, 9.17) is 5.73 Å². The molecule has 0 saturated heterocycles. The van der Waals surface area contributed by atoms with E-state index in [2.05, 4.69) is 9.71 Å². The van der Waals surface area contributed by atoms with Crippen molar-refractivity contribution in [1.29, 1.82) is 0 Å². The lowest BCUT2D eigenvalue weighted by atomic mass is 10.2. The fourth-order valence-corrected chi connectivity index (χ4v) is 2.75. The number of aromatic nitrogens is 1. The van der Waals surface area contributed by atoms with Gasteiger partial charge in [0.2, 0.25) is 5.03 Å². The molecule has 1 aromatic carbocycles. The molecule has 5 nitrogen and oxygen atoms in total. The number of nitrogens with zero attached hydrogens (tertiary/aromatic N) is 1. The Labute approximate surface area is 110 Å². The van der Waals surface area contributed by atoms with Gasteiger partial charge in [-0.2, -0.15) is 8.42 Å². The molecule has 7 heteroatoms. The monoisotopic (exact) mass is 281 g/mol. The number of pyridine rings is 1. The Kier molecular flexibility index (Phi) is 3.39. The SMILES string of the molecule is Cc1cccc(N)c1NS(=O)(=O)c1ncccc1F. The summed E-state index contributed by atoms with van der Waals surface area (Å²) in [6, 6.07) is 7.30. The molecule has 0 radical (unpaired) electrons. The fourth-order valence-electron chi connectivity index (χ4n) is 1.58. The van der Waals surface area contributed by atoms with Crippen LogP contribution in [0.5, 0.6) is 0 Å². The van der Waals surface area contributed by atoms with Gasteiger partial charge in [-0.25, -0.2) is 9.37 Å². The van der Waals surface area contributed by atoms with E-state index in [-0.39, 0.29) is 11.4 Å². The van der Waals surface area contributed by atoms with Crippen LogP contribution in [0.1, 0.15) is 5.56 Å². The number of aryl methyl sites for hydroxylation is 1. The first kappa shape index (κ1) is 13.3. The predicted molar refractivity (Wildman–Crippen MR) is 70.6 cm³/mol. The van der Waals surface area contributed by atoms with Crippen LogP contribution in [0, 0.1) is 12.7 Å². The molecule has 3 N–H and O–H groups in total. The molecule has 0 fully saturated rings. The zero-order valence-corrected chi connectivity index (χ0v) is 10.9. The second kappa shape index (κ2) is 4.85. The maximum absolute atomic E-state index is 13.5. The number of hydrogen-bond acceptors (Lipinski definition) is 4. The van der Waals surface area contributed by atoms with Crippen molar-refractivity contribution in [1.82, 2.24) is 4.98 Å². The van der Waals surface area contributed by atoms with Crippen molar-refractivity contribution in [3.8, 4) is 0 Å². The minimum atomic E-state index is -4.11. The molecule has 0 unspecified atom stereocenters. The highest BCUT2D eigenvalue weighted by atomic mass is 32.2. The Bertz CT molecular complexity index is 696. The van der Waals surface area contributed by atoms with Gasteiger partial charge < -0.3 is 5.73 Å².